The van der Waals surface area contributed by atoms with Crippen LogP contribution in [0.3, 0.4) is 0 Å². The van der Waals surface area contributed by atoms with Crippen molar-refractivity contribution in [2.75, 3.05) is 20.1 Å². The Morgan fingerprint density at radius 3 is 3.10 bits per heavy atom. The average Bonchev–Trinajstić information content (AvgIpc) is 2.31. The molecule has 58 valence electrons. The van der Waals surface area contributed by atoms with Gasteiger partial charge in [-0.25, -0.2) is 0 Å². The first-order chi connectivity index (χ1) is 4.84. The van der Waals surface area contributed by atoms with Crippen molar-refractivity contribution in [3.8, 4) is 0 Å². The number of hydrogen-bond donors (Lipinski definition) is 1. The number of nitrogens with one attached hydrogen (secondary N) is 1. The molecule has 2 heteroatoms. The van der Waals surface area contributed by atoms with E-state index in [1.165, 1.54) is 19.4 Å². The van der Waals surface area contributed by atoms with Crippen molar-refractivity contribution in [1.29, 1.82) is 0 Å². The predicted octanol–water partition coefficient (Wildman–Crippen LogP) is 0.814. The monoisotopic (exact) mass is 140 g/mol. The minimum Gasteiger partial charge on any atom is -0.390 e. The van der Waals surface area contributed by atoms with Crippen LogP contribution in [0.2, 0.25) is 0 Å². The highest BCUT2D eigenvalue weighted by Crippen LogP contribution is 2.13. The Morgan fingerprint density at radius 2 is 2.60 bits per heavy atom. The first-order valence-electron chi connectivity index (χ1n) is 3.89. The minimum atomic E-state index is 0.734. The molecule has 1 rings (SSSR count). The smallest absolute Gasteiger partial charge is 0.0297 e. The van der Waals surface area contributed by atoms with E-state index in [0.717, 1.165) is 12.6 Å². The highest BCUT2D eigenvalue weighted by molar-refractivity contribution is 4.80. The summed E-state index contributed by atoms with van der Waals surface area (Å²) in [5.41, 5.74) is 0. The van der Waals surface area contributed by atoms with Crippen molar-refractivity contribution in [3.63, 3.8) is 0 Å². The van der Waals surface area contributed by atoms with Crippen molar-refractivity contribution in [2.45, 2.75) is 18.9 Å². The van der Waals surface area contributed by atoms with E-state index in [4.69, 9.17) is 0 Å². The molecule has 1 atom stereocenters. The van der Waals surface area contributed by atoms with Gasteiger partial charge in [-0.1, -0.05) is 6.58 Å². The topological polar surface area (TPSA) is 15.3 Å². The third-order valence-corrected chi connectivity index (χ3v) is 2.17. The molecule has 2 nitrogen and oxygen atoms in total. The van der Waals surface area contributed by atoms with Crippen LogP contribution < -0.4 is 5.32 Å². The van der Waals surface area contributed by atoms with E-state index >= 15 is 0 Å². The molecule has 1 fully saturated rings. The SMILES string of the molecule is C=CNCC1CCCN1C. The summed E-state index contributed by atoms with van der Waals surface area (Å²) in [6.45, 7) is 5.93. The molecule has 0 aromatic rings. The van der Waals surface area contributed by atoms with E-state index in [0.29, 0.717) is 0 Å². The van der Waals surface area contributed by atoms with Gasteiger partial charge in [0.25, 0.3) is 0 Å². The molecule has 0 bridgehead atoms. The first kappa shape index (κ1) is 7.61. The van der Waals surface area contributed by atoms with E-state index in [9.17, 15) is 0 Å². The Hall–Kier alpha value is -0.500. The van der Waals surface area contributed by atoms with E-state index in [1.807, 2.05) is 0 Å². The fourth-order valence-electron chi connectivity index (χ4n) is 1.46. The molecule has 10 heavy (non-hydrogen) atoms. The lowest BCUT2D eigenvalue weighted by Crippen LogP contribution is -2.33. The zero-order valence-electron chi connectivity index (χ0n) is 6.64. The molecule has 1 unspecified atom stereocenters. The largest absolute Gasteiger partial charge is 0.390 e. The molecule has 0 aromatic carbocycles. The molecule has 0 aliphatic carbocycles. The molecule has 0 aromatic heterocycles. The van der Waals surface area contributed by atoms with Crippen LogP contribution in [-0.4, -0.2) is 31.1 Å². The van der Waals surface area contributed by atoms with Gasteiger partial charge >= 0.3 is 0 Å². The Morgan fingerprint density at radius 1 is 1.80 bits per heavy atom. The molecular formula is C8H16N2. The molecule has 1 heterocycles. The van der Waals surface area contributed by atoms with Gasteiger partial charge in [-0.2, -0.15) is 0 Å². The molecule has 0 saturated carbocycles. The third-order valence-electron chi connectivity index (χ3n) is 2.17. The van der Waals surface area contributed by atoms with E-state index < -0.39 is 0 Å². The van der Waals surface area contributed by atoms with Crippen LogP contribution in [0, 0.1) is 0 Å². The van der Waals surface area contributed by atoms with Crippen LogP contribution in [-0.2, 0) is 0 Å². The Bertz CT molecular complexity index is 112. The number of likely N-dealkylation sites (N-methyl/N-ethyl adjacent to an activating group) is 1. The van der Waals surface area contributed by atoms with Crippen LogP contribution in [0.25, 0.3) is 0 Å². The molecule has 0 spiro atoms. The maximum atomic E-state index is 3.62. The van der Waals surface area contributed by atoms with Gasteiger partial charge in [0.15, 0.2) is 0 Å². The highest BCUT2D eigenvalue weighted by atomic mass is 15.2. The second kappa shape index (κ2) is 3.62. The van der Waals surface area contributed by atoms with Crippen molar-refractivity contribution in [1.82, 2.24) is 10.2 Å². The van der Waals surface area contributed by atoms with Crippen molar-refractivity contribution < 1.29 is 0 Å². The maximum absolute atomic E-state index is 3.62. The number of rotatable bonds is 3. The Balaban J connectivity index is 2.19. The molecular weight excluding hydrogens is 124 g/mol. The summed E-state index contributed by atoms with van der Waals surface area (Å²) in [4.78, 5) is 2.40. The summed E-state index contributed by atoms with van der Waals surface area (Å²) in [6, 6.07) is 0.734. The van der Waals surface area contributed by atoms with Gasteiger partial charge in [0, 0.05) is 12.6 Å². The Labute approximate surface area is 62.9 Å². The van der Waals surface area contributed by atoms with Crippen LogP contribution in [0.4, 0.5) is 0 Å². The number of nitrogens with zero attached hydrogens (tertiary/aromatic N) is 1. The van der Waals surface area contributed by atoms with Crippen LogP contribution in [0.15, 0.2) is 12.8 Å². The van der Waals surface area contributed by atoms with Crippen LogP contribution in [0.1, 0.15) is 12.8 Å². The molecule has 1 aliphatic rings. The minimum absolute atomic E-state index is 0.734. The van der Waals surface area contributed by atoms with Gasteiger partial charge in [0.2, 0.25) is 0 Å². The van der Waals surface area contributed by atoms with E-state index in [2.05, 4.69) is 23.8 Å². The van der Waals surface area contributed by atoms with Gasteiger partial charge in [0.05, 0.1) is 0 Å². The second-order valence-corrected chi connectivity index (χ2v) is 2.89. The summed E-state index contributed by atoms with van der Waals surface area (Å²) >= 11 is 0. The lowest BCUT2D eigenvalue weighted by Gasteiger charge is -2.18. The number of likely N-dealkylation sites (tertiary alicyclic amines) is 1. The third kappa shape index (κ3) is 1.74. The second-order valence-electron chi connectivity index (χ2n) is 2.89. The quantitative estimate of drug-likeness (QED) is 0.624. The molecule has 0 radical (unpaired) electrons. The van der Waals surface area contributed by atoms with E-state index in [-0.39, 0.29) is 0 Å². The summed E-state index contributed by atoms with van der Waals surface area (Å²) in [5.74, 6) is 0. The van der Waals surface area contributed by atoms with Gasteiger partial charge < -0.3 is 10.2 Å². The lowest BCUT2D eigenvalue weighted by atomic mass is 10.2. The summed E-state index contributed by atoms with van der Waals surface area (Å²) in [6.07, 6.45) is 4.45. The standard InChI is InChI=1S/C8H16N2/c1-3-9-7-8-5-4-6-10(8)2/h3,8-9H,1,4-7H2,2H3. The van der Waals surface area contributed by atoms with Crippen molar-refractivity contribution >= 4 is 0 Å². The van der Waals surface area contributed by atoms with Gasteiger partial charge in [-0.05, 0) is 32.6 Å². The average molecular weight is 140 g/mol. The fraction of sp³-hybridized carbons (Fsp3) is 0.750. The summed E-state index contributed by atoms with van der Waals surface area (Å²) in [7, 11) is 2.18. The fourth-order valence-corrected chi connectivity index (χ4v) is 1.46. The van der Waals surface area contributed by atoms with Crippen LogP contribution >= 0.6 is 0 Å². The highest BCUT2D eigenvalue weighted by Gasteiger charge is 2.19. The van der Waals surface area contributed by atoms with Gasteiger partial charge in [0.1, 0.15) is 0 Å². The first-order valence-corrected chi connectivity index (χ1v) is 3.89. The van der Waals surface area contributed by atoms with Crippen LogP contribution in [0.5, 0.6) is 0 Å². The summed E-state index contributed by atoms with van der Waals surface area (Å²) in [5, 5.41) is 3.14. The van der Waals surface area contributed by atoms with E-state index in [1.54, 1.807) is 6.20 Å². The number of hydrogen-bond acceptors (Lipinski definition) is 2. The molecule has 1 N–H and O–H groups in total. The molecule has 0 amide bonds. The lowest BCUT2D eigenvalue weighted by molar-refractivity contribution is 0.308. The predicted molar refractivity (Wildman–Crippen MR) is 43.9 cm³/mol. The molecule has 1 saturated heterocycles. The normalized spacial score (nSPS) is 26.7. The van der Waals surface area contributed by atoms with Crippen molar-refractivity contribution in [3.05, 3.63) is 12.8 Å². The van der Waals surface area contributed by atoms with Gasteiger partial charge in [-0.3, -0.25) is 0 Å². The Kier molecular flexibility index (Phi) is 2.75. The zero-order valence-corrected chi connectivity index (χ0v) is 6.64. The summed E-state index contributed by atoms with van der Waals surface area (Å²) < 4.78 is 0. The zero-order chi connectivity index (χ0) is 7.40. The maximum Gasteiger partial charge on any atom is 0.0297 e. The van der Waals surface area contributed by atoms with Crippen molar-refractivity contribution in [2.24, 2.45) is 0 Å². The van der Waals surface area contributed by atoms with Gasteiger partial charge in [-0.15, -0.1) is 0 Å². The molecule has 1 aliphatic heterocycles.